The predicted molar refractivity (Wildman–Crippen MR) is 160 cm³/mol. The van der Waals surface area contributed by atoms with Crippen LogP contribution in [0, 0.1) is 6.92 Å². The van der Waals surface area contributed by atoms with Gasteiger partial charge in [-0.25, -0.2) is 0 Å². The number of benzene rings is 2. The summed E-state index contributed by atoms with van der Waals surface area (Å²) >= 11 is 0. The number of amides is 2. The molecule has 0 N–H and O–H groups in total. The zero-order valence-corrected chi connectivity index (χ0v) is 27.0. The van der Waals surface area contributed by atoms with Crippen molar-refractivity contribution in [2.24, 2.45) is 0 Å². The van der Waals surface area contributed by atoms with Crippen LogP contribution in [0.25, 0.3) is 0 Å². The molecule has 0 aliphatic carbocycles. The Kier molecular flexibility index (Phi) is 11.9. The van der Waals surface area contributed by atoms with Crippen LogP contribution in [0.15, 0.2) is 36.4 Å². The summed E-state index contributed by atoms with van der Waals surface area (Å²) in [6.45, 7) is 5.20. The van der Waals surface area contributed by atoms with E-state index in [1.807, 2.05) is 4.90 Å². The zero-order chi connectivity index (χ0) is 36.3. The average molecular weight is 713 g/mol. The molecule has 17 heteroatoms. The monoisotopic (exact) mass is 712 g/mol. The van der Waals surface area contributed by atoms with Gasteiger partial charge in [0.25, 0.3) is 5.91 Å². The molecule has 2 aromatic carbocycles. The van der Waals surface area contributed by atoms with Gasteiger partial charge in [-0.2, -0.15) is 39.5 Å². The number of piperazine rings is 1. The number of morpholine rings is 1. The first-order chi connectivity index (χ1) is 22.8. The fourth-order valence-electron chi connectivity index (χ4n) is 6.08. The lowest BCUT2D eigenvalue weighted by molar-refractivity contribution is -0.170. The van der Waals surface area contributed by atoms with E-state index in [2.05, 4.69) is 4.90 Å². The summed E-state index contributed by atoms with van der Waals surface area (Å²) in [6.07, 6.45) is -15.6. The van der Waals surface area contributed by atoms with E-state index in [4.69, 9.17) is 9.47 Å². The molecule has 2 aliphatic heterocycles. The Balaban J connectivity index is 1.63. The highest BCUT2D eigenvalue weighted by atomic mass is 19.4. The van der Waals surface area contributed by atoms with Gasteiger partial charge in [0.15, 0.2) is 0 Å². The summed E-state index contributed by atoms with van der Waals surface area (Å²) < 4.78 is 132. The number of hydrogen-bond donors (Lipinski definition) is 0. The van der Waals surface area contributed by atoms with Crippen molar-refractivity contribution in [1.82, 2.24) is 14.7 Å². The molecule has 0 saturated carbocycles. The Morgan fingerprint density at radius 1 is 0.878 bits per heavy atom. The molecule has 2 heterocycles. The van der Waals surface area contributed by atoms with E-state index in [0.29, 0.717) is 67.6 Å². The standard InChI is InChI=1S/C32H37F9N4O4/c1-20-4-5-21(13-27(20)42(2)29(47)32(39,40)41)12-25-17-43(6-7-44-10-11-49-26(18-44)19-48-3)8-9-45(25)28(46)22-14-23(30(33,34)35)16-24(15-22)31(36,37)38/h4-5,13-16,25-26H,6-12,17-19H2,1-3H3. The molecule has 49 heavy (non-hydrogen) atoms. The lowest BCUT2D eigenvalue weighted by atomic mass is 9.97. The molecule has 2 atom stereocenters. The molecule has 2 aliphatic rings. The fourth-order valence-corrected chi connectivity index (χ4v) is 6.08. The van der Waals surface area contributed by atoms with Crippen LogP contribution in [-0.2, 0) is 33.0 Å². The number of aryl methyl sites for hydroxylation is 1. The number of rotatable bonds is 9. The summed E-state index contributed by atoms with van der Waals surface area (Å²) in [4.78, 5) is 31.6. The second-order valence-electron chi connectivity index (χ2n) is 12.2. The summed E-state index contributed by atoms with van der Waals surface area (Å²) in [5.41, 5.74) is -3.34. The van der Waals surface area contributed by atoms with Crippen LogP contribution in [0.2, 0.25) is 0 Å². The molecule has 2 unspecified atom stereocenters. The highest BCUT2D eigenvalue weighted by molar-refractivity contribution is 5.97. The molecule has 8 nitrogen and oxygen atoms in total. The Morgan fingerprint density at radius 2 is 1.49 bits per heavy atom. The lowest BCUT2D eigenvalue weighted by Crippen LogP contribution is -2.57. The smallest absolute Gasteiger partial charge is 0.382 e. The Bertz CT molecular complexity index is 1450. The van der Waals surface area contributed by atoms with Gasteiger partial charge >= 0.3 is 24.4 Å². The molecule has 2 saturated heterocycles. The highest BCUT2D eigenvalue weighted by Crippen LogP contribution is 2.37. The van der Waals surface area contributed by atoms with Gasteiger partial charge in [-0.1, -0.05) is 12.1 Å². The van der Waals surface area contributed by atoms with Gasteiger partial charge in [0.1, 0.15) is 0 Å². The average Bonchev–Trinajstić information content (AvgIpc) is 3.02. The SMILES string of the molecule is COCC1CN(CCN2CCN(C(=O)c3cc(C(F)(F)F)cc(C(F)(F)F)c3)C(Cc3ccc(C)c(N(C)C(=O)C(F)(F)F)c3)C2)CCO1. The minimum absolute atomic E-state index is 0.0118. The Morgan fingerprint density at radius 3 is 2.06 bits per heavy atom. The molecule has 2 amide bonds. The first kappa shape index (κ1) is 38.4. The quantitative estimate of drug-likeness (QED) is 0.331. The van der Waals surface area contributed by atoms with Crippen molar-refractivity contribution < 1.29 is 58.6 Å². The number of methoxy groups -OCH3 is 1. The van der Waals surface area contributed by atoms with Gasteiger partial charge in [0.2, 0.25) is 0 Å². The van der Waals surface area contributed by atoms with Crippen LogP contribution in [0.3, 0.4) is 0 Å². The van der Waals surface area contributed by atoms with E-state index >= 15 is 0 Å². The van der Waals surface area contributed by atoms with E-state index < -0.39 is 53.1 Å². The molecule has 0 bridgehead atoms. The van der Waals surface area contributed by atoms with Gasteiger partial charge in [0, 0.05) is 77.3 Å². The summed E-state index contributed by atoms with van der Waals surface area (Å²) in [7, 11) is 2.53. The van der Waals surface area contributed by atoms with Crippen molar-refractivity contribution in [2.45, 2.75) is 44.0 Å². The maximum atomic E-state index is 13.8. The van der Waals surface area contributed by atoms with Crippen molar-refractivity contribution in [3.05, 3.63) is 64.2 Å². The van der Waals surface area contributed by atoms with E-state index in [1.165, 1.54) is 24.0 Å². The number of ether oxygens (including phenoxy) is 2. The first-order valence-corrected chi connectivity index (χ1v) is 15.4. The van der Waals surface area contributed by atoms with Crippen molar-refractivity contribution in [3.63, 3.8) is 0 Å². The molecule has 0 radical (unpaired) electrons. The zero-order valence-electron chi connectivity index (χ0n) is 27.0. The third kappa shape index (κ3) is 9.86. The van der Waals surface area contributed by atoms with Crippen molar-refractivity contribution in [2.75, 3.05) is 78.1 Å². The van der Waals surface area contributed by atoms with Gasteiger partial charge in [-0.05, 0) is 48.7 Å². The van der Waals surface area contributed by atoms with Gasteiger partial charge < -0.3 is 19.3 Å². The summed E-state index contributed by atoms with van der Waals surface area (Å²) in [5, 5.41) is 0. The van der Waals surface area contributed by atoms with Crippen molar-refractivity contribution >= 4 is 17.5 Å². The van der Waals surface area contributed by atoms with Crippen molar-refractivity contribution in [3.8, 4) is 0 Å². The molecule has 4 rings (SSSR count). The second-order valence-corrected chi connectivity index (χ2v) is 12.2. The van der Waals surface area contributed by atoms with Crippen LogP contribution in [-0.4, -0.2) is 118 Å². The fraction of sp³-hybridized carbons (Fsp3) is 0.562. The summed E-state index contributed by atoms with van der Waals surface area (Å²) in [6, 6.07) is 4.36. The topological polar surface area (TPSA) is 65.6 Å². The minimum atomic E-state index is -5.16. The third-order valence-electron chi connectivity index (χ3n) is 8.62. The molecule has 0 aromatic heterocycles. The number of halogens is 9. The number of carbonyl (C=O) groups is 2. The van der Waals surface area contributed by atoms with Crippen molar-refractivity contribution in [1.29, 1.82) is 0 Å². The van der Waals surface area contributed by atoms with Crippen LogP contribution in [0.5, 0.6) is 0 Å². The first-order valence-electron chi connectivity index (χ1n) is 15.4. The second kappa shape index (κ2) is 15.2. The molecule has 2 fully saturated rings. The molecule has 2 aromatic rings. The van der Waals surface area contributed by atoms with Crippen LogP contribution in [0.4, 0.5) is 45.2 Å². The summed E-state index contributed by atoms with van der Waals surface area (Å²) in [5.74, 6) is -3.15. The normalized spacial score (nSPS) is 20.0. The van der Waals surface area contributed by atoms with E-state index in [-0.39, 0.29) is 43.9 Å². The largest absolute Gasteiger partial charge is 0.471 e. The molecular formula is C32H37F9N4O4. The van der Waals surface area contributed by atoms with Gasteiger partial charge in [-0.15, -0.1) is 0 Å². The number of nitrogens with zero attached hydrogens (tertiary/aromatic N) is 4. The Labute approximate surface area is 277 Å². The van der Waals surface area contributed by atoms with Crippen LogP contribution < -0.4 is 4.90 Å². The van der Waals surface area contributed by atoms with Crippen LogP contribution in [0.1, 0.15) is 32.6 Å². The highest BCUT2D eigenvalue weighted by Gasteiger charge is 2.42. The van der Waals surface area contributed by atoms with Gasteiger partial charge in [-0.3, -0.25) is 19.4 Å². The number of hydrogen-bond acceptors (Lipinski definition) is 6. The Hall–Kier alpha value is -3.41. The number of anilines is 1. The molecule has 0 spiro atoms. The van der Waals surface area contributed by atoms with E-state index in [0.717, 1.165) is 7.05 Å². The van der Waals surface area contributed by atoms with E-state index in [9.17, 15) is 49.1 Å². The van der Waals surface area contributed by atoms with Gasteiger partial charge in [0.05, 0.1) is 30.4 Å². The van der Waals surface area contributed by atoms with Crippen LogP contribution >= 0.6 is 0 Å². The maximum Gasteiger partial charge on any atom is 0.471 e. The predicted octanol–water partition coefficient (Wildman–Crippen LogP) is 5.27. The number of alkyl halides is 9. The van der Waals surface area contributed by atoms with E-state index in [1.54, 1.807) is 13.2 Å². The maximum absolute atomic E-state index is 13.8. The third-order valence-corrected chi connectivity index (χ3v) is 8.62. The number of carbonyl (C=O) groups excluding carboxylic acids is 2. The molecule has 272 valence electrons. The lowest BCUT2D eigenvalue weighted by Gasteiger charge is -2.43. The minimum Gasteiger partial charge on any atom is -0.382 e. The molecular weight excluding hydrogens is 675 g/mol.